The number of β-amino-alcohol motifs (C(OH)–C–C–N with tert-alkyl or cyclic N) is 1. The van der Waals surface area contributed by atoms with Crippen LogP contribution in [0.3, 0.4) is 0 Å². The van der Waals surface area contributed by atoms with Gasteiger partial charge < -0.3 is 29.0 Å². The molecular formula is C19H32ClNO5. The molecule has 0 spiro atoms. The van der Waals surface area contributed by atoms with Crippen LogP contribution in [0.15, 0.2) is 12.1 Å². The van der Waals surface area contributed by atoms with Crippen LogP contribution in [0.2, 0.25) is 0 Å². The highest BCUT2D eigenvalue weighted by Crippen LogP contribution is 2.38. The molecule has 1 fully saturated rings. The fraction of sp³-hybridized carbons (Fsp3) is 0.684. The Balaban J connectivity index is 0.00000338. The lowest BCUT2D eigenvalue weighted by Gasteiger charge is -2.32. The van der Waals surface area contributed by atoms with Crippen LogP contribution >= 0.6 is 12.4 Å². The van der Waals surface area contributed by atoms with Crippen molar-refractivity contribution in [2.24, 2.45) is 5.92 Å². The third-order valence-corrected chi connectivity index (χ3v) is 4.51. The molecule has 0 aliphatic carbocycles. The van der Waals surface area contributed by atoms with Gasteiger partial charge in [0.2, 0.25) is 5.75 Å². The normalized spacial score (nSPS) is 18.7. The van der Waals surface area contributed by atoms with E-state index in [1.165, 1.54) is 12.8 Å². The van der Waals surface area contributed by atoms with E-state index in [0.717, 1.165) is 18.7 Å². The maximum Gasteiger partial charge on any atom is 0.203 e. The SMILES string of the molecule is COc1cc(COCC(O)CN2CCCC(C)C2)cc(OC)c1OC.Cl. The second-order valence-corrected chi connectivity index (χ2v) is 6.71. The molecule has 0 radical (unpaired) electrons. The number of likely N-dealkylation sites (tertiary alicyclic amines) is 1. The average molecular weight is 390 g/mol. The number of hydrogen-bond acceptors (Lipinski definition) is 6. The Morgan fingerprint density at radius 3 is 2.35 bits per heavy atom. The Hall–Kier alpha value is -1.21. The van der Waals surface area contributed by atoms with E-state index >= 15 is 0 Å². The molecule has 1 heterocycles. The average Bonchev–Trinajstić information content (AvgIpc) is 2.60. The molecule has 1 aliphatic rings. The predicted octanol–water partition coefficient (Wildman–Crippen LogP) is 2.74. The van der Waals surface area contributed by atoms with E-state index in [-0.39, 0.29) is 12.4 Å². The van der Waals surface area contributed by atoms with Crippen LogP contribution < -0.4 is 14.2 Å². The van der Waals surface area contributed by atoms with Gasteiger partial charge in [0.05, 0.1) is 40.6 Å². The molecule has 1 N–H and O–H groups in total. The van der Waals surface area contributed by atoms with Gasteiger partial charge in [-0.1, -0.05) is 6.92 Å². The quantitative estimate of drug-likeness (QED) is 0.700. The van der Waals surface area contributed by atoms with Gasteiger partial charge in [-0.15, -0.1) is 12.4 Å². The van der Waals surface area contributed by atoms with Gasteiger partial charge in [0.25, 0.3) is 0 Å². The topological polar surface area (TPSA) is 60.4 Å². The summed E-state index contributed by atoms with van der Waals surface area (Å²) in [4.78, 5) is 2.32. The monoisotopic (exact) mass is 389 g/mol. The van der Waals surface area contributed by atoms with Crippen LogP contribution in [0.25, 0.3) is 0 Å². The largest absolute Gasteiger partial charge is 0.493 e. The first-order valence-corrected chi connectivity index (χ1v) is 8.84. The van der Waals surface area contributed by atoms with Crippen molar-refractivity contribution in [3.8, 4) is 17.2 Å². The summed E-state index contributed by atoms with van der Waals surface area (Å²) in [5.74, 6) is 2.47. The second kappa shape index (κ2) is 11.5. The Kier molecular flexibility index (Phi) is 10.1. The molecule has 1 aromatic carbocycles. The molecule has 0 bridgehead atoms. The fourth-order valence-electron chi connectivity index (χ4n) is 3.33. The summed E-state index contributed by atoms with van der Waals surface area (Å²) in [5, 5.41) is 10.2. The molecular weight excluding hydrogens is 358 g/mol. The van der Waals surface area contributed by atoms with E-state index in [1.807, 2.05) is 12.1 Å². The van der Waals surface area contributed by atoms with Gasteiger partial charge in [0, 0.05) is 13.1 Å². The number of rotatable bonds is 9. The van der Waals surface area contributed by atoms with Crippen molar-refractivity contribution in [3.63, 3.8) is 0 Å². The summed E-state index contributed by atoms with van der Waals surface area (Å²) in [6, 6.07) is 3.72. The van der Waals surface area contributed by atoms with E-state index < -0.39 is 6.10 Å². The molecule has 150 valence electrons. The number of aliphatic hydroxyl groups is 1. The number of aliphatic hydroxyl groups excluding tert-OH is 1. The molecule has 0 amide bonds. The van der Waals surface area contributed by atoms with Gasteiger partial charge >= 0.3 is 0 Å². The first kappa shape index (κ1) is 22.8. The summed E-state index contributed by atoms with van der Waals surface area (Å²) in [6.45, 7) is 5.74. The van der Waals surface area contributed by atoms with Crippen molar-refractivity contribution in [1.29, 1.82) is 0 Å². The molecule has 2 rings (SSSR count). The Morgan fingerprint density at radius 1 is 1.15 bits per heavy atom. The fourth-order valence-corrected chi connectivity index (χ4v) is 3.33. The number of methoxy groups -OCH3 is 3. The minimum atomic E-state index is -0.479. The minimum Gasteiger partial charge on any atom is -0.493 e. The van der Waals surface area contributed by atoms with Crippen molar-refractivity contribution in [1.82, 2.24) is 4.90 Å². The Bertz CT molecular complexity index is 518. The zero-order valence-electron chi connectivity index (χ0n) is 16.2. The summed E-state index contributed by atoms with van der Waals surface area (Å²) < 4.78 is 21.7. The van der Waals surface area contributed by atoms with Crippen molar-refractivity contribution >= 4 is 12.4 Å². The third-order valence-electron chi connectivity index (χ3n) is 4.51. The van der Waals surface area contributed by atoms with Crippen molar-refractivity contribution < 1.29 is 24.1 Å². The van der Waals surface area contributed by atoms with Crippen LogP contribution in [0.5, 0.6) is 17.2 Å². The number of ether oxygens (including phenoxy) is 4. The smallest absolute Gasteiger partial charge is 0.203 e. The summed E-state index contributed by atoms with van der Waals surface area (Å²) in [7, 11) is 4.75. The van der Waals surface area contributed by atoms with Gasteiger partial charge in [0.15, 0.2) is 11.5 Å². The highest BCUT2D eigenvalue weighted by Gasteiger charge is 2.19. The van der Waals surface area contributed by atoms with Crippen molar-refractivity contribution in [2.75, 3.05) is 47.6 Å². The standard InChI is InChI=1S/C19H31NO5.ClH/c1-14-6-5-7-20(10-14)11-16(21)13-25-12-15-8-17(22-2)19(24-4)18(9-15)23-3;/h8-9,14,16,21H,5-7,10-13H2,1-4H3;1H. The zero-order chi connectivity index (χ0) is 18.2. The van der Waals surface area contributed by atoms with Crippen molar-refractivity contribution in [2.45, 2.75) is 32.5 Å². The number of nitrogens with zero attached hydrogens (tertiary/aromatic N) is 1. The lowest BCUT2D eigenvalue weighted by Crippen LogP contribution is -2.40. The number of halogens is 1. The summed E-state index contributed by atoms with van der Waals surface area (Å²) in [5.41, 5.74) is 0.910. The first-order chi connectivity index (χ1) is 12.1. The minimum absolute atomic E-state index is 0. The second-order valence-electron chi connectivity index (χ2n) is 6.71. The zero-order valence-corrected chi connectivity index (χ0v) is 17.0. The molecule has 6 nitrogen and oxygen atoms in total. The van der Waals surface area contributed by atoms with Crippen LogP contribution in [-0.4, -0.2) is 63.7 Å². The lowest BCUT2D eigenvalue weighted by molar-refractivity contribution is 0.00369. The van der Waals surface area contributed by atoms with Crippen LogP contribution in [0.1, 0.15) is 25.3 Å². The molecule has 0 saturated carbocycles. The van der Waals surface area contributed by atoms with Crippen LogP contribution in [0.4, 0.5) is 0 Å². The van der Waals surface area contributed by atoms with E-state index in [4.69, 9.17) is 18.9 Å². The Labute approximate surface area is 162 Å². The first-order valence-electron chi connectivity index (χ1n) is 8.84. The molecule has 2 unspecified atom stereocenters. The number of hydrogen-bond donors (Lipinski definition) is 1. The summed E-state index contributed by atoms with van der Waals surface area (Å²) in [6.07, 6.45) is 2.01. The maximum absolute atomic E-state index is 10.2. The molecule has 1 aliphatic heterocycles. The van der Waals surface area contributed by atoms with E-state index in [2.05, 4.69) is 11.8 Å². The van der Waals surface area contributed by atoms with Crippen LogP contribution in [-0.2, 0) is 11.3 Å². The maximum atomic E-state index is 10.2. The van der Waals surface area contributed by atoms with Gasteiger partial charge in [-0.05, 0) is 43.0 Å². The molecule has 0 aromatic heterocycles. The highest BCUT2D eigenvalue weighted by atomic mass is 35.5. The summed E-state index contributed by atoms with van der Waals surface area (Å²) >= 11 is 0. The van der Waals surface area contributed by atoms with Gasteiger partial charge in [0.1, 0.15) is 0 Å². The van der Waals surface area contributed by atoms with Gasteiger partial charge in [-0.3, -0.25) is 0 Å². The van der Waals surface area contributed by atoms with Crippen molar-refractivity contribution in [3.05, 3.63) is 17.7 Å². The Morgan fingerprint density at radius 2 is 1.81 bits per heavy atom. The number of benzene rings is 1. The van der Waals surface area contributed by atoms with Crippen LogP contribution in [0, 0.1) is 5.92 Å². The van der Waals surface area contributed by atoms with E-state index in [9.17, 15) is 5.11 Å². The molecule has 1 aromatic rings. The molecule has 26 heavy (non-hydrogen) atoms. The van der Waals surface area contributed by atoms with Gasteiger partial charge in [-0.25, -0.2) is 0 Å². The van der Waals surface area contributed by atoms with E-state index in [1.54, 1.807) is 21.3 Å². The molecule has 1 saturated heterocycles. The highest BCUT2D eigenvalue weighted by molar-refractivity contribution is 5.85. The van der Waals surface area contributed by atoms with E-state index in [0.29, 0.717) is 42.9 Å². The predicted molar refractivity (Wildman–Crippen MR) is 104 cm³/mol. The lowest BCUT2D eigenvalue weighted by atomic mass is 10.0. The molecule has 2 atom stereocenters. The van der Waals surface area contributed by atoms with Gasteiger partial charge in [-0.2, -0.15) is 0 Å². The number of piperidine rings is 1. The molecule has 7 heteroatoms. The third kappa shape index (κ3) is 6.50.